The third-order valence-corrected chi connectivity index (χ3v) is 3.78. The van der Waals surface area contributed by atoms with E-state index in [0.717, 1.165) is 0 Å². The van der Waals surface area contributed by atoms with Gasteiger partial charge in [0.2, 0.25) is 5.91 Å². The van der Waals surface area contributed by atoms with E-state index in [4.69, 9.17) is 10.5 Å². The molecule has 6 nitrogen and oxygen atoms in total. The van der Waals surface area contributed by atoms with Gasteiger partial charge in [0.1, 0.15) is 0 Å². The van der Waals surface area contributed by atoms with Crippen LogP contribution in [-0.4, -0.2) is 24.4 Å². The number of para-hydroxylation sites is 1. The first-order valence-electron chi connectivity index (χ1n) is 7.84. The van der Waals surface area contributed by atoms with Gasteiger partial charge >= 0.3 is 5.97 Å². The summed E-state index contributed by atoms with van der Waals surface area (Å²) in [6.07, 6.45) is 0. The Kier molecular flexibility index (Phi) is 5.54. The lowest BCUT2D eigenvalue weighted by Gasteiger charge is -2.16. The number of hydrogen-bond donors (Lipinski definition) is 2. The zero-order chi connectivity index (χ0) is 18.6. The van der Waals surface area contributed by atoms with Crippen molar-refractivity contribution < 1.29 is 19.1 Å². The summed E-state index contributed by atoms with van der Waals surface area (Å²) >= 11 is 0. The van der Waals surface area contributed by atoms with E-state index in [0.29, 0.717) is 16.8 Å². The summed E-state index contributed by atoms with van der Waals surface area (Å²) in [6, 6.07) is 10.3. The molecule has 6 heteroatoms. The zero-order valence-corrected chi connectivity index (χ0v) is 14.4. The van der Waals surface area contributed by atoms with Gasteiger partial charge in [0, 0.05) is 5.69 Å². The number of ether oxygens (including phenoxy) is 1. The molecule has 2 amide bonds. The normalized spacial score (nSPS) is 10.2. The molecule has 0 atom stereocenters. The molecule has 0 bridgehead atoms. The van der Waals surface area contributed by atoms with E-state index >= 15 is 0 Å². The summed E-state index contributed by atoms with van der Waals surface area (Å²) < 4.78 is 5.06. The molecule has 0 aliphatic carbocycles. The van der Waals surface area contributed by atoms with Gasteiger partial charge in [-0.05, 0) is 50.1 Å². The van der Waals surface area contributed by atoms with Crippen LogP contribution in [-0.2, 0) is 4.74 Å². The Balaban J connectivity index is 2.57. The molecule has 3 N–H and O–H groups in total. The van der Waals surface area contributed by atoms with Crippen molar-refractivity contribution in [2.75, 3.05) is 11.9 Å². The number of carbonyl (C=O) groups is 3. The van der Waals surface area contributed by atoms with Crippen molar-refractivity contribution in [1.82, 2.24) is 0 Å². The summed E-state index contributed by atoms with van der Waals surface area (Å²) in [4.78, 5) is 36.8. The second-order valence-electron chi connectivity index (χ2n) is 5.52. The highest BCUT2D eigenvalue weighted by molar-refractivity contribution is 6.14. The minimum Gasteiger partial charge on any atom is -0.462 e. The lowest BCUT2D eigenvalue weighted by Crippen LogP contribution is -2.24. The van der Waals surface area contributed by atoms with E-state index in [2.05, 4.69) is 5.32 Å². The largest absolute Gasteiger partial charge is 0.462 e. The minimum atomic E-state index is -0.736. The van der Waals surface area contributed by atoms with Crippen molar-refractivity contribution in [2.45, 2.75) is 20.8 Å². The summed E-state index contributed by atoms with van der Waals surface area (Å²) in [5.74, 6) is -1.79. The highest BCUT2D eigenvalue weighted by atomic mass is 16.5. The third-order valence-electron chi connectivity index (χ3n) is 3.78. The van der Waals surface area contributed by atoms with E-state index < -0.39 is 17.8 Å². The minimum absolute atomic E-state index is 0.0662. The molecule has 2 rings (SSSR count). The Labute approximate surface area is 146 Å². The number of esters is 1. The second-order valence-corrected chi connectivity index (χ2v) is 5.52. The number of hydrogen-bond acceptors (Lipinski definition) is 4. The molecule has 2 aromatic rings. The summed E-state index contributed by atoms with van der Waals surface area (Å²) in [7, 11) is 0. The quantitative estimate of drug-likeness (QED) is 0.818. The Morgan fingerprint density at radius 3 is 2.28 bits per heavy atom. The van der Waals surface area contributed by atoms with Gasteiger partial charge in [0.15, 0.2) is 0 Å². The van der Waals surface area contributed by atoms with Crippen LogP contribution in [0, 0.1) is 13.8 Å². The van der Waals surface area contributed by atoms with E-state index in [-0.39, 0.29) is 23.3 Å². The SMILES string of the molecule is CCOC(=O)c1c(C)cc(C(N)=O)c(C(=O)Nc2ccccc2)c1C. The summed E-state index contributed by atoms with van der Waals surface area (Å²) in [5.41, 5.74) is 7.30. The molecule has 2 aromatic carbocycles. The molecule has 0 saturated heterocycles. The van der Waals surface area contributed by atoms with Crippen LogP contribution in [0.1, 0.15) is 49.1 Å². The molecular formula is C19H20N2O4. The number of amides is 2. The van der Waals surface area contributed by atoms with Crippen LogP contribution in [0.25, 0.3) is 0 Å². The predicted octanol–water partition coefficient (Wildman–Crippen LogP) is 2.83. The molecule has 0 fully saturated rings. The number of anilines is 1. The van der Waals surface area contributed by atoms with Gasteiger partial charge < -0.3 is 15.8 Å². The van der Waals surface area contributed by atoms with Crippen molar-refractivity contribution >= 4 is 23.5 Å². The second kappa shape index (κ2) is 7.61. The van der Waals surface area contributed by atoms with Crippen LogP contribution in [0.2, 0.25) is 0 Å². The number of nitrogens with one attached hydrogen (secondary N) is 1. The number of benzene rings is 2. The van der Waals surface area contributed by atoms with Gasteiger partial charge in [0.05, 0.1) is 23.3 Å². The lowest BCUT2D eigenvalue weighted by atomic mass is 9.91. The standard InChI is InChI=1S/C19H20N2O4/c1-4-25-19(24)15-11(2)10-14(17(20)22)16(12(15)3)18(23)21-13-8-6-5-7-9-13/h5-10H,4H2,1-3H3,(H2,20,22)(H,21,23). The van der Waals surface area contributed by atoms with Crippen molar-refractivity contribution in [3.8, 4) is 0 Å². The Hall–Kier alpha value is -3.15. The molecule has 0 spiro atoms. The average molecular weight is 340 g/mol. The maximum atomic E-state index is 12.7. The van der Waals surface area contributed by atoms with Gasteiger partial charge in [-0.3, -0.25) is 9.59 Å². The average Bonchev–Trinajstić information content (AvgIpc) is 2.55. The lowest BCUT2D eigenvalue weighted by molar-refractivity contribution is 0.0524. The van der Waals surface area contributed by atoms with Gasteiger partial charge in [0.25, 0.3) is 5.91 Å². The van der Waals surface area contributed by atoms with Crippen molar-refractivity contribution in [2.24, 2.45) is 5.73 Å². The fourth-order valence-corrected chi connectivity index (χ4v) is 2.70. The smallest absolute Gasteiger partial charge is 0.338 e. The maximum absolute atomic E-state index is 12.7. The van der Waals surface area contributed by atoms with E-state index in [1.165, 1.54) is 6.07 Å². The number of carbonyl (C=O) groups excluding carboxylic acids is 3. The van der Waals surface area contributed by atoms with Gasteiger partial charge in [-0.25, -0.2) is 4.79 Å². The van der Waals surface area contributed by atoms with Crippen molar-refractivity contribution in [1.29, 1.82) is 0 Å². The van der Waals surface area contributed by atoms with Crippen LogP contribution in [0.5, 0.6) is 0 Å². The number of primary amides is 1. The first-order chi connectivity index (χ1) is 11.9. The number of rotatable bonds is 5. The fourth-order valence-electron chi connectivity index (χ4n) is 2.70. The first kappa shape index (κ1) is 18.2. The van der Waals surface area contributed by atoms with Crippen LogP contribution in [0.3, 0.4) is 0 Å². The Bertz CT molecular complexity index is 829. The molecular weight excluding hydrogens is 320 g/mol. The molecule has 0 aliphatic rings. The van der Waals surface area contributed by atoms with Gasteiger partial charge in [-0.2, -0.15) is 0 Å². The van der Waals surface area contributed by atoms with E-state index in [1.807, 2.05) is 6.07 Å². The summed E-state index contributed by atoms with van der Waals surface area (Å²) in [5, 5.41) is 2.71. The first-order valence-corrected chi connectivity index (χ1v) is 7.84. The molecule has 0 saturated carbocycles. The molecule has 0 unspecified atom stereocenters. The molecule has 0 aromatic heterocycles. The van der Waals surface area contributed by atoms with Crippen molar-refractivity contribution in [3.05, 3.63) is 64.2 Å². The number of nitrogens with two attached hydrogens (primary N) is 1. The Morgan fingerprint density at radius 1 is 1.08 bits per heavy atom. The molecule has 0 aliphatic heterocycles. The van der Waals surface area contributed by atoms with Crippen LogP contribution in [0.15, 0.2) is 36.4 Å². The highest BCUT2D eigenvalue weighted by Gasteiger charge is 2.25. The van der Waals surface area contributed by atoms with Crippen LogP contribution < -0.4 is 11.1 Å². The van der Waals surface area contributed by atoms with Gasteiger partial charge in [-0.15, -0.1) is 0 Å². The fraction of sp³-hybridized carbons (Fsp3) is 0.211. The molecule has 130 valence electrons. The maximum Gasteiger partial charge on any atom is 0.338 e. The molecule has 25 heavy (non-hydrogen) atoms. The summed E-state index contributed by atoms with van der Waals surface area (Å²) in [6.45, 7) is 5.18. The third kappa shape index (κ3) is 3.85. The highest BCUT2D eigenvalue weighted by Crippen LogP contribution is 2.25. The monoisotopic (exact) mass is 340 g/mol. The zero-order valence-electron chi connectivity index (χ0n) is 14.4. The Morgan fingerprint density at radius 2 is 1.72 bits per heavy atom. The molecule has 0 heterocycles. The van der Waals surface area contributed by atoms with Crippen LogP contribution in [0.4, 0.5) is 5.69 Å². The van der Waals surface area contributed by atoms with E-state index in [1.54, 1.807) is 45.0 Å². The van der Waals surface area contributed by atoms with Gasteiger partial charge in [-0.1, -0.05) is 18.2 Å². The van der Waals surface area contributed by atoms with Crippen LogP contribution >= 0.6 is 0 Å². The van der Waals surface area contributed by atoms with Crippen molar-refractivity contribution in [3.63, 3.8) is 0 Å². The number of aryl methyl sites for hydroxylation is 1. The predicted molar refractivity (Wildman–Crippen MR) is 94.8 cm³/mol. The topological polar surface area (TPSA) is 98.5 Å². The molecule has 0 radical (unpaired) electrons. The van der Waals surface area contributed by atoms with E-state index in [9.17, 15) is 14.4 Å².